The standard InChI is InChI=1S/C20H15F3N4O/c21-13-7-8-14(19(23)18(13)22)26-17-11-24-15(10-25-17)20(28)27-9-3-5-12-4-1-2-6-16(12)27/h1-2,4,6-8,10-11H,3,5,9H2,(H,25,26). The number of para-hydroxylation sites is 1. The molecule has 0 spiro atoms. The van der Waals surface area contributed by atoms with Gasteiger partial charge >= 0.3 is 0 Å². The van der Waals surface area contributed by atoms with Crippen LogP contribution in [0.2, 0.25) is 0 Å². The zero-order chi connectivity index (χ0) is 19.7. The third-order valence-corrected chi connectivity index (χ3v) is 4.52. The monoisotopic (exact) mass is 384 g/mol. The Morgan fingerprint density at radius 3 is 2.61 bits per heavy atom. The van der Waals surface area contributed by atoms with Crippen molar-refractivity contribution in [3.63, 3.8) is 0 Å². The first-order chi connectivity index (χ1) is 13.5. The fraction of sp³-hybridized carbons (Fsp3) is 0.150. The number of fused-ring (bicyclic) bond motifs is 1. The Balaban J connectivity index is 1.54. The highest BCUT2D eigenvalue weighted by Crippen LogP contribution is 2.28. The molecule has 1 aromatic heterocycles. The number of halogens is 3. The smallest absolute Gasteiger partial charge is 0.278 e. The molecule has 1 aliphatic rings. The van der Waals surface area contributed by atoms with Gasteiger partial charge in [0, 0.05) is 12.2 Å². The van der Waals surface area contributed by atoms with E-state index < -0.39 is 17.5 Å². The number of hydrogen-bond acceptors (Lipinski definition) is 4. The molecule has 142 valence electrons. The molecule has 0 aliphatic carbocycles. The van der Waals surface area contributed by atoms with Crippen LogP contribution in [0, 0.1) is 17.5 Å². The summed E-state index contributed by atoms with van der Waals surface area (Å²) >= 11 is 0. The number of rotatable bonds is 3. The van der Waals surface area contributed by atoms with Gasteiger partial charge in [0.25, 0.3) is 5.91 Å². The van der Waals surface area contributed by atoms with Gasteiger partial charge in [-0.2, -0.15) is 0 Å². The number of amides is 1. The van der Waals surface area contributed by atoms with Crippen molar-refractivity contribution in [3.8, 4) is 0 Å². The van der Waals surface area contributed by atoms with Gasteiger partial charge in [0.15, 0.2) is 17.5 Å². The number of nitrogens with zero attached hydrogens (tertiary/aromatic N) is 3. The van der Waals surface area contributed by atoms with Crippen LogP contribution < -0.4 is 10.2 Å². The van der Waals surface area contributed by atoms with Crippen LogP contribution >= 0.6 is 0 Å². The van der Waals surface area contributed by atoms with Gasteiger partial charge in [-0.25, -0.2) is 23.1 Å². The van der Waals surface area contributed by atoms with E-state index in [1.54, 1.807) is 4.90 Å². The fourth-order valence-electron chi connectivity index (χ4n) is 3.15. The van der Waals surface area contributed by atoms with Crippen LogP contribution in [-0.4, -0.2) is 22.4 Å². The van der Waals surface area contributed by atoms with Crippen molar-refractivity contribution < 1.29 is 18.0 Å². The maximum Gasteiger partial charge on any atom is 0.278 e. The van der Waals surface area contributed by atoms with E-state index >= 15 is 0 Å². The molecule has 1 amide bonds. The highest BCUT2D eigenvalue weighted by molar-refractivity contribution is 6.05. The van der Waals surface area contributed by atoms with Crippen LogP contribution in [0.4, 0.5) is 30.4 Å². The van der Waals surface area contributed by atoms with E-state index in [2.05, 4.69) is 15.3 Å². The van der Waals surface area contributed by atoms with Crippen molar-refractivity contribution in [2.45, 2.75) is 12.8 Å². The Bertz CT molecular complexity index is 1040. The Morgan fingerprint density at radius 2 is 1.82 bits per heavy atom. The van der Waals surface area contributed by atoms with E-state index in [1.165, 1.54) is 12.4 Å². The summed E-state index contributed by atoms with van der Waals surface area (Å²) in [6.07, 6.45) is 4.27. The molecule has 0 fully saturated rings. The lowest BCUT2D eigenvalue weighted by Crippen LogP contribution is -2.36. The maximum atomic E-state index is 13.8. The SMILES string of the molecule is O=C(c1cnc(Nc2ccc(F)c(F)c2F)cn1)N1CCCc2ccccc21. The molecular weight excluding hydrogens is 369 g/mol. The van der Waals surface area contributed by atoms with Crippen LogP contribution in [0.25, 0.3) is 0 Å². The van der Waals surface area contributed by atoms with Crippen molar-refractivity contribution in [1.29, 1.82) is 0 Å². The van der Waals surface area contributed by atoms with Gasteiger partial charge in [-0.1, -0.05) is 18.2 Å². The fourth-order valence-corrected chi connectivity index (χ4v) is 3.15. The third-order valence-electron chi connectivity index (χ3n) is 4.52. The van der Waals surface area contributed by atoms with Crippen LogP contribution in [0.3, 0.4) is 0 Å². The van der Waals surface area contributed by atoms with Gasteiger partial charge in [-0.05, 0) is 36.6 Å². The van der Waals surface area contributed by atoms with Crippen molar-refractivity contribution in [3.05, 3.63) is 77.5 Å². The molecule has 3 aromatic rings. The summed E-state index contributed by atoms with van der Waals surface area (Å²) in [5, 5.41) is 2.52. The predicted molar refractivity (Wildman–Crippen MR) is 98.1 cm³/mol. The number of hydrogen-bond donors (Lipinski definition) is 1. The van der Waals surface area contributed by atoms with Crippen molar-refractivity contribution in [2.24, 2.45) is 0 Å². The largest absolute Gasteiger partial charge is 0.336 e. The lowest BCUT2D eigenvalue weighted by molar-refractivity contribution is 0.0980. The van der Waals surface area contributed by atoms with Gasteiger partial charge in [-0.15, -0.1) is 0 Å². The van der Waals surface area contributed by atoms with E-state index in [9.17, 15) is 18.0 Å². The van der Waals surface area contributed by atoms with Crippen molar-refractivity contribution in [2.75, 3.05) is 16.8 Å². The highest BCUT2D eigenvalue weighted by atomic mass is 19.2. The quantitative estimate of drug-likeness (QED) is 0.687. The molecule has 0 unspecified atom stereocenters. The molecule has 28 heavy (non-hydrogen) atoms. The maximum absolute atomic E-state index is 13.8. The number of aryl methyl sites for hydroxylation is 1. The molecule has 1 aliphatic heterocycles. The molecule has 4 rings (SSSR count). The molecule has 0 saturated heterocycles. The molecule has 0 atom stereocenters. The number of benzene rings is 2. The third kappa shape index (κ3) is 3.28. The minimum absolute atomic E-state index is 0.0977. The van der Waals surface area contributed by atoms with E-state index in [0.29, 0.717) is 6.54 Å². The number of anilines is 3. The Kier molecular flexibility index (Phi) is 4.68. The van der Waals surface area contributed by atoms with Crippen molar-refractivity contribution >= 4 is 23.1 Å². The lowest BCUT2D eigenvalue weighted by atomic mass is 10.0. The summed E-state index contributed by atoms with van der Waals surface area (Å²) in [7, 11) is 0. The topological polar surface area (TPSA) is 58.1 Å². The summed E-state index contributed by atoms with van der Waals surface area (Å²) in [4.78, 5) is 22.6. The van der Waals surface area contributed by atoms with Gasteiger partial charge in [0.2, 0.25) is 0 Å². The van der Waals surface area contributed by atoms with Gasteiger partial charge in [0.1, 0.15) is 11.5 Å². The normalized spacial score (nSPS) is 13.2. The molecule has 5 nitrogen and oxygen atoms in total. The summed E-state index contributed by atoms with van der Waals surface area (Å²) < 4.78 is 40.1. The van der Waals surface area contributed by atoms with Crippen molar-refractivity contribution in [1.82, 2.24) is 9.97 Å². The average Bonchev–Trinajstić information content (AvgIpc) is 2.74. The predicted octanol–water partition coefficient (Wildman–Crippen LogP) is 4.23. The van der Waals surface area contributed by atoms with Gasteiger partial charge in [0.05, 0.1) is 18.1 Å². The van der Waals surface area contributed by atoms with Crippen LogP contribution in [0.5, 0.6) is 0 Å². The summed E-state index contributed by atoms with van der Waals surface area (Å²) in [5.41, 5.74) is 1.80. The molecule has 0 radical (unpaired) electrons. The summed E-state index contributed by atoms with van der Waals surface area (Å²) in [5.74, 6) is -4.40. The molecular formula is C20H15F3N4O. The molecule has 2 aromatic carbocycles. The number of nitrogens with one attached hydrogen (secondary N) is 1. The average molecular weight is 384 g/mol. The molecule has 0 bridgehead atoms. The van der Waals surface area contributed by atoms with Gasteiger partial charge < -0.3 is 10.2 Å². The lowest BCUT2D eigenvalue weighted by Gasteiger charge is -2.29. The number of aromatic nitrogens is 2. The molecule has 0 saturated carbocycles. The Labute approximate surface area is 158 Å². The second-order valence-electron chi connectivity index (χ2n) is 6.32. The summed E-state index contributed by atoms with van der Waals surface area (Å²) in [6, 6.07) is 9.55. The van der Waals surface area contributed by atoms with Gasteiger partial charge in [-0.3, -0.25) is 4.79 Å². The second-order valence-corrected chi connectivity index (χ2v) is 6.32. The Hall–Kier alpha value is -3.42. The minimum atomic E-state index is -1.58. The van der Waals surface area contributed by atoms with E-state index in [0.717, 1.165) is 36.2 Å². The molecule has 1 N–H and O–H groups in total. The zero-order valence-corrected chi connectivity index (χ0v) is 14.6. The van der Waals surface area contributed by atoms with E-state index in [1.807, 2.05) is 24.3 Å². The van der Waals surface area contributed by atoms with E-state index in [-0.39, 0.29) is 23.1 Å². The molecule has 8 heteroatoms. The Morgan fingerprint density at radius 1 is 1.00 bits per heavy atom. The van der Waals surface area contributed by atoms with Crippen LogP contribution in [0.1, 0.15) is 22.5 Å². The first kappa shape index (κ1) is 18.0. The summed E-state index contributed by atoms with van der Waals surface area (Å²) in [6.45, 7) is 0.581. The second kappa shape index (κ2) is 7.30. The molecule has 2 heterocycles. The van der Waals surface area contributed by atoms with Crippen LogP contribution in [0.15, 0.2) is 48.8 Å². The zero-order valence-electron chi connectivity index (χ0n) is 14.6. The number of carbonyl (C=O) groups excluding carboxylic acids is 1. The van der Waals surface area contributed by atoms with Crippen LogP contribution in [-0.2, 0) is 6.42 Å². The minimum Gasteiger partial charge on any atom is -0.336 e. The van der Waals surface area contributed by atoms with E-state index in [4.69, 9.17) is 0 Å². The first-order valence-electron chi connectivity index (χ1n) is 8.67. The number of carbonyl (C=O) groups is 1. The first-order valence-corrected chi connectivity index (χ1v) is 8.67. The highest BCUT2D eigenvalue weighted by Gasteiger charge is 2.24.